The quantitative estimate of drug-likeness (QED) is 0.746. The molecule has 3 aromatic rings. The number of imidazole rings is 1. The first-order chi connectivity index (χ1) is 11.8. The van der Waals surface area contributed by atoms with Gasteiger partial charge in [-0.05, 0) is 24.6 Å². The lowest BCUT2D eigenvalue weighted by Gasteiger charge is -2.25. The number of nitrogens with zero attached hydrogens (tertiary/aromatic N) is 5. The van der Waals surface area contributed by atoms with E-state index < -0.39 is 0 Å². The first-order valence-corrected chi connectivity index (χ1v) is 8.21. The Morgan fingerprint density at radius 3 is 3.08 bits per heavy atom. The molecule has 1 aliphatic rings. The van der Waals surface area contributed by atoms with E-state index in [2.05, 4.69) is 31.8 Å². The first-order valence-electron chi connectivity index (χ1n) is 8.21. The van der Waals surface area contributed by atoms with Gasteiger partial charge in [0.2, 0.25) is 0 Å². The molecule has 0 saturated carbocycles. The van der Waals surface area contributed by atoms with Gasteiger partial charge in [0.15, 0.2) is 0 Å². The monoisotopic (exact) mass is 323 g/mol. The SMILES string of the molecule is Cc1nccn1-c1cc(CNCC2CNc3ccnn3C2)ccn1. The summed E-state index contributed by atoms with van der Waals surface area (Å²) in [5.74, 6) is 3.50. The first kappa shape index (κ1) is 14.9. The largest absolute Gasteiger partial charge is 0.370 e. The van der Waals surface area contributed by atoms with Crippen molar-refractivity contribution in [3.05, 3.63) is 54.4 Å². The summed E-state index contributed by atoms with van der Waals surface area (Å²) in [6, 6.07) is 6.17. The molecule has 7 nitrogen and oxygen atoms in total. The van der Waals surface area contributed by atoms with Gasteiger partial charge in [-0.3, -0.25) is 4.57 Å². The van der Waals surface area contributed by atoms with Crippen LogP contribution in [0, 0.1) is 12.8 Å². The van der Waals surface area contributed by atoms with Crippen LogP contribution in [-0.4, -0.2) is 37.4 Å². The zero-order valence-electron chi connectivity index (χ0n) is 13.7. The van der Waals surface area contributed by atoms with Crippen LogP contribution in [0.3, 0.4) is 0 Å². The fourth-order valence-electron chi connectivity index (χ4n) is 3.07. The zero-order valence-corrected chi connectivity index (χ0v) is 13.7. The summed E-state index contributed by atoms with van der Waals surface area (Å²) in [4.78, 5) is 8.69. The van der Waals surface area contributed by atoms with Crippen molar-refractivity contribution in [1.82, 2.24) is 29.6 Å². The zero-order chi connectivity index (χ0) is 16.4. The molecule has 0 aromatic carbocycles. The van der Waals surface area contributed by atoms with Crippen molar-refractivity contribution in [1.29, 1.82) is 0 Å². The summed E-state index contributed by atoms with van der Waals surface area (Å²) in [6.07, 6.45) is 7.42. The van der Waals surface area contributed by atoms with Crippen LogP contribution >= 0.6 is 0 Å². The van der Waals surface area contributed by atoms with Crippen molar-refractivity contribution in [2.75, 3.05) is 18.4 Å². The number of anilines is 1. The second-order valence-electron chi connectivity index (χ2n) is 6.14. The van der Waals surface area contributed by atoms with Gasteiger partial charge in [0, 0.05) is 56.8 Å². The van der Waals surface area contributed by atoms with E-state index in [9.17, 15) is 0 Å². The Bertz CT molecular complexity index is 820. The van der Waals surface area contributed by atoms with Crippen molar-refractivity contribution in [3.63, 3.8) is 0 Å². The molecular weight excluding hydrogens is 302 g/mol. The summed E-state index contributed by atoms with van der Waals surface area (Å²) in [6.45, 7) is 5.69. The number of nitrogens with one attached hydrogen (secondary N) is 2. The molecule has 1 aliphatic heterocycles. The fraction of sp³-hybridized carbons (Fsp3) is 0.353. The minimum Gasteiger partial charge on any atom is -0.370 e. The molecule has 0 spiro atoms. The summed E-state index contributed by atoms with van der Waals surface area (Å²) in [5.41, 5.74) is 1.22. The van der Waals surface area contributed by atoms with E-state index in [1.54, 1.807) is 6.20 Å². The van der Waals surface area contributed by atoms with E-state index in [1.807, 2.05) is 46.9 Å². The standard InChI is InChI=1S/C17H21N7/c1-13-19-6-7-23(13)17-8-14(2-4-20-17)9-18-10-15-11-21-16-3-5-22-24(16)12-15/h2-8,15,18,21H,9-12H2,1H3. The number of hydrogen-bond acceptors (Lipinski definition) is 5. The van der Waals surface area contributed by atoms with Crippen molar-refractivity contribution in [2.24, 2.45) is 5.92 Å². The molecule has 24 heavy (non-hydrogen) atoms. The highest BCUT2D eigenvalue weighted by atomic mass is 15.3. The number of aromatic nitrogens is 5. The van der Waals surface area contributed by atoms with Crippen LogP contribution in [0.5, 0.6) is 0 Å². The van der Waals surface area contributed by atoms with Crippen LogP contribution in [0.25, 0.3) is 5.82 Å². The molecule has 4 rings (SSSR count). The minimum absolute atomic E-state index is 0.537. The maximum atomic E-state index is 4.43. The molecule has 0 bridgehead atoms. The molecule has 1 unspecified atom stereocenters. The van der Waals surface area contributed by atoms with Gasteiger partial charge in [-0.25, -0.2) is 14.6 Å². The van der Waals surface area contributed by atoms with Crippen molar-refractivity contribution in [3.8, 4) is 5.82 Å². The Morgan fingerprint density at radius 1 is 1.25 bits per heavy atom. The molecule has 124 valence electrons. The molecule has 3 aromatic heterocycles. The number of rotatable bonds is 5. The molecule has 0 saturated heterocycles. The van der Waals surface area contributed by atoms with Crippen LogP contribution in [-0.2, 0) is 13.1 Å². The fourth-order valence-corrected chi connectivity index (χ4v) is 3.07. The van der Waals surface area contributed by atoms with E-state index in [-0.39, 0.29) is 0 Å². The third-order valence-corrected chi connectivity index (χ3v) is 4.36. The van der Waals surface area contributed by atoms with E-state index in [4.69, 9.17) is 0 Å². The molecule has 7 heteroatoms. The summed E-state index contributed by atoms with van der Waals surface area (Å²) in [7, 11) is 0. The van der Waals surface area contributed by atoms with Crippen molar-refractivity contribution < 1.29 is 0 Å². The summed E-state index contributed by atoms with van der Waals surface area (Å²) >= 11 is 0. The van der Waals surface area contributed by atoms with Crippen LogP contribution in [0.4, 0.5) is 5.82 Å². The average Bonchev–Trinajstić information content (AvgIpc) is 3.23. The lowest BCUT2D eigenvalue weighted by atomic mass is 10.1. The molecule has 0 radical (unpaired) electrons. The van der Waals surface area contributed by atoms with Gasteiger partial charge in [0.25, 0.3) is 0 Å². The van der Waals surface area contributed by atoms with E-state index >= 15 is 0 Å². The molecule has 0 aliphatic carbocycles. The highest BCUT2D eigenvalue weighted by Crippen LogP contribution is 2.16. The Balaban J connectivity index is 1.34. The molecule has 4 heterocycles. The number of pyridine rings is 1. The molecule has 0 amide bonds. The van der Waals surface area contributed by atoms with Gasteiger partial charge < -0.3 is 10.6 Å². The van der Waals surface area contributed by atoms with Crippen molar-refractivity contribution in [2.45, 2.75) is 20.0 Å². The predicted molar refractivity (Wildman–Crippen MR) is 92.0 cm³/mol. The van der Waals surface area contributed by atoms with E-state index in [1.165, 1.54) is 5.56 Å². The third kappa shape index (κ3) is 3.03. The third-order valence-electron chi connectivity index (χ3n) is 4.36. The van der Waals surface area contributed by atoms with Crippen LogP contribution in [0.15, 0.2) is 43.0 Å². The maximum Gasteiger partial charge on any atom is 0.138 e. The Labute approximate surface area is 140 Å². The lowest BCUT2D eigenvalue weighted by molar-refractivity contribution is 0.391. The normalized spacial score (nSPS) is 16.6. The van der Waals surface area contributed by atoms with Crippen molar-refractivity contribution >= 4 is 5.82 Å². The Morgan fingerprint density at radius 2 is 2.21 bits per heavy atom. The van der Waals surface area contributed by atoms with Gasteiger partial charge in [-0.1, -0.05) is 0 Å². The minimum atomic E-state index is 0.537. The number of fused-ring (bicyclic) bond motifs is 1. The maximum absolute atomic E-state index is 4.43. The van der Waals surface area contributed by atoms with Gasteiger partial charge in [-0.2, -0.15) is 5.10 Å². The Hall–Kier alpha value is -2.67. The second kappa shape index (κ2) is 6.45. The summed E-state index contributed by atoms with van der Waals surface area (Å²) < 4.78 is 4.02. The average molecular weight is 323 g/mol. The highest BCUT2D eigenvalue weighted by molar-refractivity contribution is 5.35. The number of hydrogen-bond donors (Lipinski definition) is 2. The number of aryl methyl sites for hydroxylation is 1. The smallest absolute Gasteiger partial charge is 0.138 e. The summed E-state index contributed by atoms with van der Waals surface area (Å²) in [5, 5.41) is 11.3. The molecule has 2 N–H and O–H groups in total. The van der Waals surface area contributed by atoms with E-state index in [0.29, 0.717) is 5.92 Å². The van der Waals surface area contributed by atoms with Crippen LogP contribution in [0.2, 0.25) is 0 Å². The lowest BCUT2D eigenvalue weighted by Crippen LogP contribution is -2.35. The van der Waals surface area contributed by atoms with Gasteiger partial charge in [0.05, 0.1) is 6.20 Å². The van der Waals surface area contributed by atoms with Gasteiger partial charge in [0.1, 0.15) is 17.5 Å². The van der Waals surface area contributed by atoms with Crippen LogP contribution in [0.1, 0.15) is 11.4 Å². The highest BCUT2D eigenvalue weighted by Gasteiger charge is 2.17. The predicted octanol–water partition coefficient (Wildman–Crippen LogP) is 1.60. The molecular formula is C17H21N7. The molecule has 1 atom stereocenters. The van der Waals surface area contributed by atoms with E-state index in [0.717, 1.165) is 43.6 Å². The Kier molecular flexibility index (Phi) is 4.00. The van der Waals surface area contributed by atoms with Gasteiger partial charge >= 0.3 is 0 Å². The second-order valence-corrected chi connectivity index (χ2v) is 6.14. The molecule has 0 fully saturated rings. The topological polar surface area (TPSA) is 72.6 Å². The van der Waals surface area contributed by atoms with Crippen LogP contribution < -0.4 is 10.6 Å². The van der Waals surface area contributed by atoms with Gasteiger partial charge in [-0.15, -0.1) is 0 Å².